The predicted octanol–water partition coefficient (Wildman–Crippen LogP) is 0.558. The molecule has 0 saturated carbocycles. The van der Waals surface area contributed by atoms with Gasteiger partial charge in [0.15, 0.2) is 0 Å². The highest BCUT2D eigenvalue weighted by atomic mass is 16.5. The smallest absolute Gasteiger partial charge is 0.123 e. The molecule has 1 heterocycles. The molecule has 1 aliphatic heterocycles. The van der Waals surface area contributed by atoms with Crippen LogP contribution in [0.15, 0.2) is 12.2 Å². The predicted molar refractivity (Wildman–Crippen MR) is 67.4 cm³/mol. The molecule has 1 aliphatic rings. The molecule has 16 heavy (non-hydrogen) atoms. The molecule has 1 rings (SSSR count). The van der Waals surface area contributed by atoms with Crippen LogP contribution in [0.25, 0.3) is 0 Å². The number of rotatable bonds is 3. The molecule has 0 bridgehead atoms. The van der Waals surface area contributed by atoms with Gasteiger partial charge >= 0.3 is 0 Å². The van der Waals surface area contributed by atoms with Crippen LogP contribution >= 0.6 is 0 Å². The molecule has 94 valence electrons. The number of nitrogens with two attached hydrogens (primary N) is 2. The van der Waals surface area contributed by atoms with Crippen molar-refractivity contribution in [2.75, 3.05) is 13.2 Å². The van der Waals surface area contributed by atoms with Crippen LogP contribution in [0, 0.1) is 5.41 Å². The summed E-state index contributed by atoms with van der Waals surface area (Å²) in [6.45, 7) is 8.86. The molecule has 2 unspecified atom stereocenters. The van der Waals surface area contributed by atoms with Gasteiger partial charge in [-0.2, -0.15) is 0 Å². The van der Waals surface area contributed by atoms with Crippen molar-refractivity contribution in [3.63, 3.8) is 0 Å². The number of piperidine rings is 1. The number of hydrogen-bond donors (Lipinski definition) is 4. The number of nitrogens with one attached hydrogen (secondary N) is 2. The maximum Gasteiger partial charge on any atom is 0.123 e. The zero-order valence-corrected chi connectivity index (χ0v) is 10.3. The van der Waals surface area contributed by atoms with Crippen molar-refractivity contribution in [1.29, 1.82) is 5.41 Å². The molecule has 0 aromatic rings. The maximum absolute atomic E-state index is 6.28. The number of ether oxygens (including phenoxy) is 1. The first kappa shape index (κ1) is 15.1. The molecule has 6 N–H and O–H groups in total. The third-order valence-corrected chi connectivity index (χ3v) is 1.96. The van der Waals surface area contributed by atoms with Gasteiger partial charge in [-0.15, -0.1) is 0 Å². The van der Waals surface area contributed by atoms with Crippen LogP contribution in [0.3, 0.4) is 0 Å². The Bertz CT molecular complexity index is 226. The Morgan fingerprint density at radius 1 is 1.56 bits per heavy atom. The van der Waals surface area contributed by atoms with Gasteiger partial charge in [0.25, 0.3) is 0 Å². The van der Waals surface area contributed by atoms with Crippen LogP contribution in [-0.2, 0) is 4.74 Å². The van der Waals surface area contributed by atoms with Gasteiger partial charge in [0.05, 0.1) is 12.4 Å². The van der Waals surface area contributed by atoms with E-state index >= 15 is 0 Å². The summed E-state index contributed by atoms with van der Waals surface area (Å²) in [6.07, 6.45) is 2.22. The summed E-state index contributed by atoms with van der Waals surface area (Å²) in [6, 6.07) is 0.137. The SMILES string of the molecule is C=C(C)COC1NCCCC1N.CC(=N)N. The molecular weight excluding hydrogens is 204 g/mol. The van der Waals surface area contributed by atoms with Crippen molar-refractivity contribution in [1.82, 2.24) is 5.32 Å². The second kappa shape index (κ2) is 8.27. The van der Waals surface area contributed by atoms with Crippen LogP contribution in [0.4, 0.5) is 0 Å². The van der Waals surface area contributed by atoms with E-state index in [0.29, 0.717) is 6.61 Å². The summed E-state index contributed by atoms with van der Waals surface area (Å²) in [5, 5.41) is 9.51. The molecule has 2 atom stereocenters. The molecule has 5 heteroatoms. The van der Waals surface area contributed by atoms with E-state index in [4.69, 9.17) is 21.6 Å². The Morgan fingerprint density at radius 3 is 2.56 bits per heavy atom. The van der Waals surface area contributed by atoms with E-state index in [-0.39, 0.29) is 18.1 Å². The fourth-order valence-corrected chi connectivity index (χ4v) is 1.30. The third-order valence-electron chi connectivity index (χ3n) is 1.96. The highest BCUT2D eigenvalue weighted by Gasteiger charge is 2.21. The Morgan fingerprint density at radius 2 is 2.12 bits per heavy atom. The van der Waals surface area contributed by atoms with Crippen molar-refractivity contribution >= 4 is 5.84 Å². The largest absolute Gasteiger partial charge is 0.388 e. The Hall–Kier alpha value is -0.910. The molecule has 0 radical (unpaired) electrons. The minimum Gasteiger partial charge on any atom is -0.388 e. The average Bonchev–Trinajstić information content (AvgIpc) is 2.15. The summed E-state index contributed by atoms with van der Waals surface area (Å²) in [4.78, 5) is 0. The first-order valence-corrected chi connectivity index (χ1v) is 5.49. The van der Waals surface area contributed by atoms with Gasteiger partial charge in [-0.25, -0.2) is 0 Å². The summed E-state index contributed by atoms with van der Waals surface area (Å²) < 4.78 is 5.52. The highest BCUT2D eigenvalue weighted by Crippen LogP contribution is 2.08. The molecule has 0 aliphatic carbocycles. The van der Waals surface area contributed by atoms with Crippen molar-refractivity contribution in [3.05, 3.63) is 12.2 Å². The van der Waals surface area contributed by atoms with Crippen LogP contribution in [-0.4, -0.2) is 31.3 Å². The minimum atomic E-state index is 0.0236. The second-order valence-corrected chi connectivity index (χ2v) is 4.13. The monoisotopic (exact) mass is 228 g/mol. The van der Waals surface area contributed by atoms with E-state index in [1.807, 2.05) is 6.92 Å². The molecule has 0 amide bonds. The summed E-state index contributed by atoms with van der Waals surface area (Å²) in [7, 11) is 0. The lowest BCUT2D eigenvalue weighted by Gasteiger charge is -2.29. The summed E-state index contributed by atoms with van der Waals surface area (Å²) in [5.74, 6) is 0.167. The van der Waals surface area contributed by atoms with Crippen LogP contribution in [0.5, 0.6) is 0 Å². The lowest BCUT2D eigenvalue weighted by atomic mass is 10.1. The number of hydrogen-bond acceptors (Lipinski definition) is 4. The lowest BCUT2D eigenvalue weighted by molar-refractivity contribution is 0.0118. The van der Waals surface area contributed by atoms with Crippen molar-refractivity contribution < 1.29 is 4.74 Å². The van der Waals surface area contributed by atoms with Gasteiger partial charge in [-0.1, -0.05) is 12.2 Å². The normalized spacial score (nSPS) is 24.2. The van der Waals surface area contributed by atoms with Crippen LogP contribution in [0.1, 0.15) is 26.7 Å². The molecule has 1 saturated heterocycles. The second-order valence-electron chi connectivity index (χ2n) is 4.13. The summed E-state index contributed by atoms with van der Waals surface area (Å²) >= 11 is 0. The van der Waals surface area contributed by atoms with E-state index in [2.05, 4.69) is 11.9 Å². The van der Waals surface area contributed by atoms with E-state index in [0.717, 1.165) is 25.0 Å². The molecular formula is C11H24N4O. The van der Waals surface area contributed by atoms with Gasteiger partial charge in [-0.3, -0.25) is 10.7 Å². The Labute approximate surface area is 97.7 Å². The van der Waals surface area contributed by atoms with E-state index in [9.17, 15) is 0 Å². The van der Waals surface area contributed by atoms with E-state index < -0.39 is 0 Å². The maximum atomic E-state index is 6.28. The van der Waals surface area contributed by atoms with Gasteiger partial charge < -0.3 is 16.2 Å². The summed E-state index contributed by atoms with van der Waals surface area (Å²) in [5.41, 5.74) is 11.6. The fourth-order valence-electron chi connectivity index (χ4n) is 1.30. The molecule has 0 aromatic carbocycles. The Kier molecular flexibility index (Phi) is 7.80. The third kappa shape index (κ3) is 8.40. The molecule has 0 aromatic heterocycles. The topological polar surface area (TPSA) is 97.1 Å². The zero-order valence-electron chi connectivity index (χ0n) is 10.3. The van der Waals surface area contributed by atoms with Gasteiger partial charge in [-0.05, 0) is 33.2 Å². The standard InChI is InChI=1S/C9H18N2O.C2H6N2/c1-7(2)6-12-9-8(10)4-3-5-11-9;1-2(3)4/h8-9,11H,1,3-6,10H2,2H3;1H3,(H3,3,4). The molecule has 5 nitrogen and oxygen atoms in total. The van der Waals surface area contributed by atoms with Gasteiger partial charge in [0.2, 0.25) is 0 Å². The van der Waals surface area contributed by atoms with Gasteiger partial charge in [0.1, 0.15) is 6.23 Å². The van der Waals surface area contributed by atoms with Crippen molar-refractivity contribution in [3.8, 4) is 0 Å². The molecule has 0 spiro atoms. The van der Waals surface area contributed by atoms with Crippen LogP contribution in [0.2, 0.25) is 0 Å². The quantitative estimate of drug-likeness (QED) is 0.322. The zero-order chi connectivity index (χ0) is 12.6. The average molecular weight is 228 g/mol. The number of amidine groups is 1. The minimum absolute atomic E-state index is 0.0236. The highest BCUT2D eigenvalue weighted by molar-refractivity contribution is 5.73. The van der Waals surface area contributed by atoms with Crippen LogP contribution < -0.4 is 16.8 Å². The van der Waals surface area contributed by atoms with Crippen molar-refractivity contribution in [2.45, 2.75) is 39.0 Å². The van der Waals surface area contributed by atoms with E-state index in [1.54, 1.807) is 0 Å². The van der Waals surface area contributed by atoms with E-state index in [1.165, 1.54) is 6.92 Å². The first-order chi connectivity index (χ1) is 7.43. The first-order valence-electron chi connectivity index (χ1n) is 5.49. The van der Waals surface area contributed by atoms with Gasteiger partial charge in [0, 0.05) is 6.04 Å². The lowest BCUT2D eigenvalue weighted by Crippen LogP contribution is -2.51. The fraction of sp³-hybridized carbons (Fsp3) is 0.727. The Balaban J connectivity index is 0.000000487. The molecule has 1 fully saturated rings. The van der Waals surface area contributed by atoms with Crippen molar-refractivity contribution in [2.24, 2.45) is 11.5 Å².